The molecule has 0 aliphatic heterocycles. The molecular weight excluding hydrogens is 240 g/mol. The Labute approximate surface area is 117 Å². The lowest BCUT2D eigenvalue weighted by Crippen LogP contribution is -2.52. The maximum absolute atomic E-state index is 12.4. The lowest BCUT2D eigenvalue weighted by atomic mass is 9.96. The maximum atomic E-state index is 12.4. The van der Waals surface area contributed by atoms with Crippen LogP contribution in [0.25, 0.3) is 0 Å². The van der Waals surface area contributed by atoms with Crippen molar-refractivity contribution >= 4 is 11.8 Å². The molecule has 0 aromatic rings. The fourth-order valence-electron chi connectivity index (χ4n) is 2.10. The summed E-state index contributed by atoms with van der Waals surface area (Å²) in [5.41, 5.74) is 0. The molecule has 2 atom stereocenters. The zero-order valence-corrected chi connectivity index (χ0v) is 12.9. The minimum absolute atomic E-state index is 0.0687. The molecule has 4 heteroatoms. The number of hydrogen-bond acceptors (Lipinski definition) is 2. The van der Waals surface area contributed by atoms with Gasteiger partial charge in [-0.25, -0.2) is 0 Å². The molecule has 1 N–H and O–H groups in total. The number of carbonyl (C=O) groups excluding carboxylic acids is 2. The van der Waals surface area contributed by atoms with Crippen molar-refractivity contribution in [3.63, 3.8) is 0 Å². The zero-order valence-electron chi connectivity index (χ0n) is 12.9. The summed E-state index contributed by atoms with van der Waals surface area (Å²) in [7, 11) is 1.66. The second-order valence-corrected chi connectivity index (χ2v) is 5.01. The molecule has 0 aliphatic rings. The summed E-state index contributed by atoms with van der Waals surface area (Å²) in [6.07, 6.45) is 3.89. The van der Waals surface area contributed by atoms with Crippen LogP contribution in [0, 0.1) is 5.92 Å². The Hall–Kier alpha value is -1.32. The number of hydrogen-bond donors (Lipinski definition) is 1. The lowest BCUT2D eigenvalue weighted by Gasteiger charge is -2.32. The first-order chi connectivity index (χ1) is 8.92. The van der Waals surface area contributed by atoms with E-state index in [1.807, 2.05) is 27.7 Å². The molecule has 0 rings (SSSR count). The summed E-state index contributed by atoms with van der Waals surface area (Å²) in [6.45, 7) is 11.6. The highest BCUT2D eigenvalue weighted by Gasteiger charge is 2.30. The Morgan fingerprint density at radius 2 is 1.74 bits per heavy atom. The van der Waals surface area contributed by atoms with Crippen LogP contribution in [-0.2, 0) is 9.59 Å². The summed E-state index contributed by atoms with van der Waals surface area (Å²) < 4.78 is 0. The molecule has 0 aliphatic carbocycles. The monoisotopic (exact) mass is 268 g/mol. The smallest absolute Gasteiger partial charge is 0.246 e. The van der Waals surface area contributed by atoms with E-state index in [0.29, 0.717) is 0 Å². The van der Waals surface area contributed by atoms with E-state index < -0.39 is 6.04 Å². The van der Waals surface area contributed by atoms with Crippen molar-refractivity contribution in [3.8, 4) is 0 Å². The highest BCUT2D eigenvalue weighted by Crippen LogP contribution is 2.15. The van der Waals surface area contributed by atoms with Crippen LogP contribution in [0.3, 0.4) is 0 Å². The van der Waals surface area contributed by atoms with Crippen LogP contribution in [-0.4, -0.2) is 35.8 Å². The second-order valence-electron chi connectivity index (χ2n) is 5.01. The minimum atomic E-state index is -0.434. The summed E-state index contributed by atoms with van der Waals surface area (Å²) in [5, 5.41) is 3.02. The van der Waals surface area contributed by atoms with Crippen molar-refractivity contribution in [2.75, 3.05) is 7.05 Å². The SMILES string of the molecule is C=CC(=O)N(C)[C@H](C(=O)NC(CC)CC)[C@@H](C)CC. The first-order valence-corrected chi connectivity index (χ1v) is 7.12. The molecule has 0 heterocycles. The molecule has 0 saturated carbocycles. The summed E-state index contributed by atoms with van der Waals surface area (Å²) >= 11 is 0. The van der Waals surface area contributed by atoms with Gasteiger partial charge >= 0.3 is 0 Å². The van der Waals surface area contributed by atoms with E-state index in [1.165, 1.54) is 11.0 Å². The molecule has 0 saturated heterocycles. The van der Waals surface area contributed by atoms with Gasteiger partial charge in [-0.2, -0.15) is 0 Å². The molecule has 0 radical (unpaired) electrons. The molecule has 0 aromatic carbocycles. The number of nitrogens with zero attached hydrogens (tertiary/aromatic N) is 1. The first-order valence-electron chi connectivity index (χ1n) is 7.12. The van der Waals surface area contributed by atoms with Gasteiger partial charge in [-0.3, -0.25) is 9.59 Å². The van der Waals surface area contributed by atoms with E-state index in [4.69, 9.17) is 0 Å². The third kappa shape index (κ3) is 5.05. The number of rotatable bonds is 8. The van der Waals surface area contributed by atoms with Crippen molar-refractivity contribution < 1.29 is 9.59 Å². The Balaban J connectivity index is 4.98. The second kappa shape index (κ2) is 8.73. The Kier molecular flexibility index (Phi) is 8.12. The minimum Gasteiger partial charge on any atom is -0.352 e. The van der Waals surface area contributed by atoms with Crippen LogP contribution >= 0.6 is 0 Å². The zero-order chi connectivity index (χ0) is 15.0. The highest BCUT2D eigenvalue weighted by molar-refractivity contribution is 5.92. The number of nitrogens with one attached hydrogen (secondary N) is 1. The summed E-state index contributed by atoms with van der Waals surface area (Å²) in [5.74, 6) is -0.172. The molecule has 0 spiro atoms. The third-order valence-electron chi connectivity index (χ3n) is 3.72. The number of carbonyl (C=O) groups is 2. The molecule has 110 valence electrons. The predicted molar refractivity (Wildman–Crippen MR) is 78.7 cm³/mol. The van der Waals surface area contributed by atoms with E-state index >= 15 is 0 Å². The van der Waals surface area contributed by atoms with E-state index in [0.717, 1.165) is 19.3 Å². The van der Waals surface area contributed by atoms with Crippen LogP contribution in [0.2, 0.25) is 0 Å². The first kappa shape index (κ1) is 17.7. The molecule has 19 heavy (non-hydrogen) atoms. The van der Waals surface area contributed by atoms with Crippen molar-refractivity contribution in [2.24, 2.45) is 5.92 Å². The Bertz CT molecular complexity index is 311. The van der Waals surface area contributed by atoms with Gasteiger partial charge in [0.1, 0.15) is 6.04 Å². The van der Waals surface area contributed by atoms with E-state index in [9.17, 15) is 9.59 Å². The maximum Gasteiger partial charge on any atom is 0.246 e. The van der Waals surface area contributed by atoms with Gasteiger partial charge in [0.2, 0.25) is 11.8 Å². The van der Waals surface area contributed by atoms with Crippen molar-refractivity contribution in [2.45, 2.75) is 59.0 Å². The van der Waals surface area contributed by atoms with Crippen molar-refractivity contribution in [3.05, 3.63) is 12.7 Å². The topological polar surface area (TPSA) is 49.4 Å². The van der Waals surface area contributed by atoms with Gasteiger partial charge in [0, 0.05) is 13.1 Å². The normalized spacial score (nSPS) is 13.8. The van der Waals surface area contributed by atoms with Gasteiger partial charge in [0.05, 0.1) is 0 Å². The van der Waals surface area contributed by atoms with Crippen LogP contribution in [0.15, 0.2) is 12.7 Å². The standard InChI is InChI=1S/C15H28N2O2/c1-7-11(5)14(17(6)13(18)10-4)15(19)16-12(8-2)9-3/h10-12,14H,4,7-9H2,1-3,5-6H3,(H,16,19)/t11-,14-/m0/s1. The van der Waals surface area contributed by atoms with Gasteiger partial charge in [0.25, 0.3) is 0 Å². The van der Waals surface area contributed by atoms with Crippen molar-refractivity contribution in [1.29, 1.82) is 0 Å². The van der Waals surface area contributed by atoms with E-state index in [1.54, 1.807) is 7.05 Å². The van der Waals surface area contributed by atoms with Crippen molar-refractivity contribution in [1.82, 2.24) is 10.2 Å². The van der Waals surface area contributed by atoms with Gasteiger partial charge < -0.3 is 10.2 Å². The molecule has 4 nitrogen and oxygen atoms in total. The quantitative estimate of drug-likeness (QED) is 0.687. The molecule has 0 aromatic heterocycles. The lowest BCUT2D eigenvalue weighted by molar-refractivity contribution is -0.138. The predicted octanol–water partition coefficient (Wildman–Crippen LogP) is 2.35. The number of likely N-dealkylation sites (N-methyl/N-ethyl adjacent to an activating group) is 1. The van der Waals surface area contributed by atoms with Gasteiger partial charge in [-0.15, -0.1) is 0 Å². The fourth-order valence-corrected chi connectivity index (χ4v) is 2.10. The molecule has 0 unspecified atom stereocenters. The van der Waals surface area contributed by atoms with Gasteiger partial charge in [0.15, 0.2) is 0 Å². The molecular formula is C15H28N2O2. The highest BCUT2D eigenvalue weighted by atomic mass is 16.2. The average molecular weight is 268 g/mol. The molecule has 0 fully saturated rings. The fraction of sp³-hybridized carbons (Fsp3) is 0.733. The largest absolute Gasteiger partial charge is 0.352 e. The number of amides is 2. The van der Waals surface area contributed by atoms with E-state index in [2.05, 4.69) is 11.9 Å². The molecule has 0 bridgehead atoms. The Morgan fingerprint density at radius 3 is 2.11 bits per heavy atom. The van der Waals surface area contributed by atoms with Crippen LogP contribution in [0.1, 0.15) is 47.0 Å². The van der Waals surface area contributed by atoms with Gasteiger partial charge in [-0.1, -0.05) is 40.7 Å². The van der Waals surface area contributed by atoms with Gasteiger partial charge in [-0.05, 0) is 24.8 Å². The Morgan fingerprint density at radius 1 is 1.21 bits per heavy atom. The van der Waals surface area contributed by atoms with Crippen LogP contribution in [0.5, 0.6) is 0 Å². The van der Waals surface area contributed by atoms with Crippen LogP contribution < -0.4 is 5.32 Å². The third-order valence-corrected chi connectivity index (χ3v) is 3.72. The average Bonchev–Trinajstić information content (AvgIpc) is 2.43. The van der Waals surface area contributed by atoms with Crippen LogP contribution in [0.4, 0.5) is 0 Å². The summed E-state index contributed by atoms with van der Waals surface area (Å²) in [4.78, 5) is 25.6. The van der Waals surface area contributed by atoms with E-state index in [-0.39, 0.29) is 23.8 Å². The summed E-state index contributed by atoms with van der Waals surface area (Å²) in [6, 6.07) is -0.262. The molecule has 2 amide bonds.